The molecular weight excluding hydrogens is 577 g/mol. The minimum atomic E-state index is -1.05. The predicted molar refractivity (Wildman–Crippen MR) is 139 cm³/mol. The molecule has 1 aliphatic heterocycles. The summed E-state index contributed by atoms with van der Waals surface area (Å²) in [6.45, 7) is 1.58. The zero-order valence-electron chi connectivity index (χ0n) is 19.5. The van der Waals surface area contributed by atoms with Crippen LogP contribution < -0.4 is 10.8 Å². The van der Waals surface area contributed by atoms with Crippen molar-refractivity contribution in [2.24, 2.45) is 0 Å². The summed E-state index contributed by atoms with van der Waals surface area (Å²) in [4.78, 5) is 52.4. The van der Waals surface area contributed by atoms with Gasteiger partial charge < -0.3 is 15.4 Å². The third kappa shape index (κ3) is 5.74. The van der Waals surface area contributed by atoms with Gasteiger partial charge in [0.1, 0.15) is 17.9 Å². The van der Waals surface area contributed by atoms with Crippen LogP contribution in [0.4, 0.5) is 4.79 Å². The molecule has 0 bridgehead atoms. The summed E-state index contributed by atoms with van der Waals surface area (Å²) in [7, 11) is 0. The molecule has 1 aliphatic rings. The molecule has 2 heterocycles. The number of hydroxylamine groups is 1. The number of imide groups is 1. The molecule has 188 valence electrons. The molecule has 36 heavy (non-hydrogen) atoms. The van der Waals surface area contributed by atoms with Crippen LogP contribution in [0.3, 0.4) is 0 Å². The molecule has 2 aromatic carbocycles. The molecule has 3 atom stereocenters. The number of nitrogens with zero attached hydrogens (tertiary/aromatic N) is 2. The number of carbonyl (C=O) groups is 3. The third-order valence-corrected chi connectivity index (χ3v) is 6.65. The Balaban J connectivity index is 1.63. The van der Waals surface area contributed by atoms with Crippen molar-refractivity contribution in [3.8, 4) is 11.3 Å². The number of rotatable bonds is 10. The maximum absolute atomic E-state index is 13.4. The SMILES string of the molecule is C[C@H](c1ccccc1)[C@@H](c1ncc(-c2ccc(I)cc2)[nH]1)N1C(=O)N[C@H](CC(=O)NOCCO)C1=O. The molecule has 1 aromatic heterocycles. The Hall–Kier alpha value is -3.29. The van der Waals surface area contributed by atoms with Crippen LogP contribution in [0.2, 0.25) is 0 Å². The molecule has 4 N–H and O–H groups in total. The van der Waals surface area contributed by atoms with E-state index in [4.69, 9.17) is 9.94 Å². The van der Waals surface area contributed by atoms with Gasteiger partial charge in [-0.25, -0.2) is 15.3 Å². The van der Waals surface area contributed by atoms with Gasteiger partial charge in [-0.3, -0.25) is 19.3 Å². The van der Waals surface area contributed by atoms with Crippen molar-refractivity contribution in [3.63, 3.8) is 0 Å². The lowest BCUT2D eigenvalue weighted by atomic mass is 9.91. The Labute approximate surface area is 221 Å². The van der Waals surface area contributed by atoms with Crippen molar-refractivity contribution in [2.45, 2.75) is 31.3 Å². The lowest BCUT2D eigenvalue weighted by molar-refractivity contribution is -0.138. The number of carbonyl (C=O) groups excluding carboxylic acids is 3. The van der Waals surface area contributed by atoms with Crippen LogP contribution in [0, 0.1) is 3.57 Å². The third-order valence-electron chi connectivity index (χ3n) is 5.93. The molecule has 0 radical (unpaired) electrons. The first-order valence-corrected chi connectivity index (χ1v) is 12.5. The van der Waals surface area contributed by atoms with Crippen LogP contribution in [0.1, 0.15) is 36.7 Å². The normalized spacial score (nSPS) is 17.1. The molecule has 3 aromatic rings. The van der Waals surface area contributed by atoms with E-state index in [-0.39, 0.29) is 25.6 Å². The topological polar surface area (TPSA) is 137 Å². The summed E-state index contributed by atoms with van der Waals surface area (Å²) in [6, 6.07) is 15.1. The van der Waals surface area contributed by atoms with E-state index in [9.17, 15) is 14.4 Å². The Kier molecular flexibility index (Phi) is 8.33. The highest BCUT2D eigenvalue weighted by atomic mass is 127. The van der Waals surface area contributed by atoms with Gasteiger partial charge in [0.05, 0.1) is 31.5 Å². The summed E-state index contributed by atoms with van der Waals surface area (Å²) in [5.74, 6) is -0.954. The fourth-order valence-corrected chi connectivity index (χ4v) is 4.50. The fourth-order valence-electron chi connectivity index (χ4n) is 4.14. The first kappa shape index (κ1) is 25.8. The Morgan fingerprint density at radius 1 is 1.19 bits per heavy atom. The van der Waals surface area contributed by atoms with Crippen LogP contribution in [-0.4, -0.2) is 57.1 Å². The number of hydrogen-bond donors (Lipinski definition) is 4. The van der Waals surface area contributed by atoms with Gasteiger partial charge in [-0.15, -0.1) is 0 Å². The van der Waals surface area contributed by atoms with Gasteiger partial charge in [-0.05, 0) is 45.9 Å². The van der Waals surface area contributed by atoms with Crippen LogP contribution in [0.15, 0.2) is 60.8 Å². The van der Waals surface area contributed by atoms with Gasteiger partial charge in [-0.1, -0.05) is 49.4 Å². The second-order valence-electron chi connectivity index (χ2n) is 8.34. The fraction of sp³-hybridized carbons (Fsp3) is 0.280. The molecule has 0 saturated carbocycles. The number of halogens is 1. The number of aliphatic hydroxyl groups excluding tert-OH is 1. The summed E-state index contributed by atoms with van der Waals surface area (Å²) >= 11 is 2.23. The largest absolute Gasteiger partial charge is 0.394 e. The van der Waals surface area contributed by atoms with Gasteiger partial charge in [0.25, 0.3) is 5.91 Å². The number of aromatic nitrogens is 2. The number of amides is 4. The van der Waals surface area contributed by atoms with Crippen LogP contribution >= 0.6 is 22.6 Å². The number of nitrogens with one attached hydrogen (secondary N) is 3. The smallest absolute Gasteiger partial charge is 0.325 e. The monoisotopic (exact) mass is 603 g/mol. The first-order valence-electron chi connectivity index (χ1n) is 11.4. The van der Waals surface area contributed by atoms with E-state index >= 15 is 0 Å². The van der Waals surface area contributed by atoms with E-state index in [2.05, 4.69) is 43.4 Å². The molecule has 4 amide bonds. The quantitative estimate of drug-likeness (QED) is 0.122. The van der Waals surface area contributed by atoms with E-state index in [1.54, 1.807) is 6.20 Å². The van der Waals surface area contributed by atoms with Crippen molar-refractivity contribution in [1.29, 1.82) is 0 Å². The van der Waals surface area contributed by atoms with Crippen LogP contribution in [0.5, 0.6) is 0 Å². The van der Waals surface area contributed by atoms with E-state index in [0.29, 0.717) is 5.82 Å². The average Bonchev–Trinajstić information content (AvgIpc) is 3.46. The van der Waals surface area contributed by atoms with Crippen LogP contribution in [-0.2, 0) is 14.4 Å². The Bertz CT molecular complexity index is 1220. The number of imidazole rings is 1. The summed E-state index contributed by atoms with van der Waals surface area (Å²) in [5, 5.41) is 11.4. The van der Waals surface area contributed by atoms with E-state index in [1.165, 1.54) is 0 Å². The van der Waals surface area contributed by atoms with Crippen molar-refractivity contribution in [2.75, 3.05) is 13.2 Å². The minimum Gasteiger partial charge on any atom is -0.394 e. The first-order chi connectivity index (χ1) is 17.4. The average molecular weight is 603 g/mol. The van der Waals surface area contributed by atoms with E-state index in [1.807, 2.05) is 61.5 Å². The Morgan fingerprint density at radius 2 is 1.92 bits per heavy atom. The summed E-state index contributed by atoms with van der Waals surface area (Å²) < 4.78 is 1.10. The standard InChI is InChI=1S/C25H26IN5O5/c1-15(16-5-3-2-4-6-16)22(23-27-14-20(28-23)17-7-9-18(26)10-8-17)31-24(34)19(29-25(31)35)13-21(33)30-36-12-11-32/h2-10,14-15,19,22,32H,11-13H2,1H3,(H,27,28)(H,29,35)(H,30,33)/t15-,19-,22+/m1/s1. The predicted octanol–water partition coefficient (Wildman–Crippen LogP) is 2.88. The van der Waals surface area contributed by atoms with Crippen LogP contribution in [0.25, 0.3) is 11.3 Å². The van der Waals surface area contributed by atoms with Crippen molar-refractivity contribution in [3.05, 3.63) is 75.8 Å². The number of hydrogen-bond acceptors (Lipinski definition) is 6. The summed E-state index contributed by atoms with van der Waals surface area (Å²) in [5.41, 5.74) is 4.77. The van der Waals surface area contributed by atoms with Crippen molar-refractivity contribution in [1.82, 2.24) is 25.7 Å². The highest BCUT2D eigenvalue weighted by Crippen LogP contribution is 2.37. The van der Waals surface area contributed by atoms with Crippen molar-refractivity contribution >= 4 is 40.4 Å². The molecule has 11 heteroatoms. The highest BCUT2D eigenvalue weighted by molar-refractivity contribution is 14.1. The van der Waals surface area contributed by atoms with Gasteiger partial charge >= 0.3 is 6.03 Å². The van der Waals surface area contributed by atoms with Gasteiger partial charge in [-0.2, -0.15) is 0 Å². The van der Waals surface area contributed by atoms with Gasteiger partial charge in [0.2, 0.25) is 5.91 Å². The Morgan fingerprint density at radius 3 is 2.61 bits per heavy atom. The number of urea groups is 1. The lowest BCUT2D eigenvalue weighted by Crippen LogP contribution is -2.39. The van der Waals surface area contributed by atoms with Gasteiger partial charge in [0.15, 0.2) is 0 Å². The number of benzene rings is 2. The minimum absolute atomic E-state index is 0.0824. The summed E-state index contributed by atoms with van der Waals surface area (Å²) in [6.07, 6.45) is 1.38. The second-order valence-corrected chi connectivity index (χ2v) is 9.59. The molecule has 10 nitrogen and oxygen atoms in total. The maximum Gasteiger partial charge on any atom is 0.325 e. The molecular formula is C25H26IN5O5. The molecule has 1 saturated heterocycles. The van der Waals surface area contributed by atoms with Gasteiger partial charge in [0, 0.05) is 9.49 Å². The number of H-pyrrole nitrogens is 1. The maximum atomic E-state index is 13.4. The zero-order chi connectivity index (χ0) is 25.7. The van der Waals surface area contributed by atoms with E-state index < -0.39 is 29.9 Å². The second kappa shape index (κ2) is 11.6. The lowest BCUT2D eigenvalue weighted by Gasteiger charge is -2.29. The van der Waals surface area contributed by atoms with E-state index in [0.717, 1.165) is 25.3 Å². The molecule has 4 rings (SSSR count). The molecule has 0 aliphatic carbocycles. The molecule has 0 spiro atoms. The zero-order valence-corrected chi connectivity index (χ0v) is 21.6. The number of aromatic amines is 1. The molecule has 1 fully saturated rings. The number of aliphatic hydroxyl groups is 1. The highest BCUT2D eigenvalue weighted by Gasteiger charge is 2.46. The molecule has 0 unspecified atom stereocenters. The van der Waals surface area contributed by atoms with Crippen molar-refractivity contribution < 1.29 is 24.3 Å².